The minimum absolute atomic E-state index is 0.278. The van der Waals surface area contributed by atoms with Crippen LogP contribution in [-0.4, -0.2) is 73.2 Å². The smallest absolute Gasteiger partial charge is 0.265 e. The van der Waals surface area contributed by atoms with Crippen LogP contribution in [-0.2, 0) is 13.8 Å². The predicted molar refractivity (Wildman–Crippen MR) is 146 cm³/mol. The molecule has 0 saturated heterocycles. The molecule has 0 heterocycles. The minimum Gasteiger partial charge on any atom is -0.756 e. The number of thioether (sulfide) groups is 1. The van der Waals surface area contributed by atoms with Gasteiger partial charge in [0.05, 0.1) is 27.7 Å². The van der Waals surface area contributed by atoms with E-state index in [-0.39, 0.29) is 5.92 Å². The summed E-state index contributed by atoms with van der Waals surface area (Å²) in [7, 11) is 2.49. The third-order valence-electron chi connectivity index (χ3n) is 6.17. The molecule has 0 spiro atoms. The molecule has 7 nitrogen and oxygen atoms in total. The SMILES string of the molecule is CCCCCCCCCCCCCCCCSC(O)C(COC)CC(C[N+](C)(C)C)OP(=O)([O-])O. The molecule has 0 aliphatic carbocycles. The molecule has 0 rings (SSSR count). The van der Waals surface area contributed by atoms with Crippen LogP contribution in [0, 0.1) is 5.92 Å². The van der Waals surface area contributed by atoms with Gasteiger partial charge in [0.15, 0.2) is 0 Å². The molecule has 2 N–H and O–H groups in total. The molecule has 4 unspecified atom stereocenters. The van der Waals surface area contributed by atoms with Gasteiger partial charge in [-0.25, -0.2) is 0 Å². The lowest BCUT2D eigenvalue weighted by atomic mass is 10.0. The highest BCUT2D eigenvalue weighted by molar-refractivity contribution is 7.99. The van der Waals surface area contributed by atoms with Crippen LogP contribution in [0.3, 0.4) is 0 Å². The van der Waals surface area contributed by atoms with Crippen LogP contribution < -0.4 is 4.89 Å². The molecular formula is C26H56NO6PS. The van der Waals surface area contributed by atoms with Crippen LogP contribution >= 0.6 is 19.6 Å². The first kappa shape index (κ1) is 35.3. The Labute approximate surface area is 220 Å². The first-order valence-electron chi connectivity index (χ1n) is 13.8. The lowest BCUT2D eigenvalue weighted by Gasteiger charge is -2.34. The number of hydrogen-bond donors (Lipinski definition) is 2. The van der Waals surface area contributed by atoms with Crippen molar-refractivity contribution in [3.8, 4) is 0 Å². The van der Waals surface area contributed by atoms with Gasteiger partial charge in [-0.1, -0.05) is 90.4 Å². The van der Waals surface area contributed by atoms with E-state index < -0.39 is 19.4 Å². The Morgan fingerprint density at radius 3 is 1.74 bits per heavy atom. The van der Waals surface area contributed by atoms with E-state index >= 15 is 0 Å². The van der Waals surface area contributed by atoms with Crippen molar-refractivity contribution in [1.29, 1.82) is 0 Å². The molecule has 35 heavy (non-hydrogen) atoms. The van der Waals surface area contributed by atoms with Gasteiger partial charge in [-0.2, -0.15) is 0 Å². The van der Waals surface area contributed by atoms with Crippen LogP contribution in [0.5, 0.6) is 0 Å². The summed E-state index contributed by atoms with van der Waals surface area (Å²) < 4.78 is 22.0. The Morgan fingerprint density at radius 2 is 1.34 bits per heavy atom. The van der Waals surface area contributed by atoms with Crippen molar-refractivity contribution in [3.63, 3.8) is 0 Å². The van der Waals surface area contributed by atoms with Gasteiger partial charge in [0.1, 0.15) is 18.1 Å². The number of aliphatic hydroxyl groups is 1. The molecule has 0 fully saturated rings. The lowest BCUT2D eigenvalue weighted by molar-refractivity contribution is -0.873. The molecule has 0 amide bonds. The van der Waals surface area contributed by atoms with Gasteiger partial charge in [0.2, 0.25) is 0 Å². The Hall–Kier alpha value is 0.340. The van der Waals surface area contributed by atoms with Gasteiger partial charge >= 0.3 is 0 Å². The van der Waals surface area contributed by atoms with E-state index in [1.54, 1.807) is 7.11 Å². The zero-order valence-corrected chi connectivity index (χ0v) is 25.0. The van der Waals surface area contributed by atoms with Gasteiger partial charge in [0.25, 0.3) is 7.82 Å². The molecule has 9 heteroatoms. The van der Waals surface area contributed by atoms with E-state index in [4.69, 9.17) is 9.26 Å². The summed E-state index contributed by atoms with van der Waals surface area (Å²) in [4.78, 5) is 20.5. The van der Waals surface area contributed by atoms with Crippen LogP contribution in [0.2, 0.25) is 0 Å². The van der Waals surface area contributed by atoms with E-state index in [0.717, 1.165) is 12.2 Å². The maximum Gasteiger partial charge on any atom is 0.265 e. The van der Waals surface area contributed by atoms with E-state index in [1.165, 1.54) is 95.2 Å². The molecule has 0 radical (unpaired) electrons. The first-order chi connectivity index (χ1) is 16.5. The zero-order chi connectivity index (χ0) is 26.6. The van der Waals surface area contributed by atoms with Gasteiger partial charge < -0.3 is 28.6 Å². The summed E-state index contributed by atoms with van der Waals surface area (Å²) in [5.41, 5.74) is -0.666. The summed E-state index contributed by atoms with van der Waals surface area (Å²) in [5.74, 6) is 0.583. The molecule has 0 aromatic heterocycles. The number of unbranched alkanes of at least 4 members (excludes halogenated alkanes) is 13. The van der Waals surface area contributed by atoms with Crippen LogP contribution in [0.25, 0.3) is 0 Å². The number of aliphatic hydroxyl groups excluding tert-OH is 1. The average molecular weight is 542 g/mol. The second-order valence-electron chi connectivity index (χ2n) is 11.0. The number of ether oxygens (including phenoxy) is 1. The maximum absolute atomic E-state index is 11.3. The summed E-state index contributed by atoms with van der Waals surface area (Å²) in [6.07, 6.45) is 18.1. The van der Waals surface area contributed by atoms with Gasteiger partial charge in [0, 0.05) is 13.0 Å². The van der Waals surface area contributed by atoms with Crippen LogP contribution in [0.1, 0.15) is 103 Å². The fraction of sp³-hybridized carbons (Fsp3) is 1.00. The monoisotopic (exact) mass is 541 g/mol. The average Bonchev–Trinajstić information content (AvgIpc) is 2.73. The van der Waals surface area contributed by atoms with E-state index in [2.05, 4.69) is 6.92 Å². The maximum atomic E-state index is 11.3. The highest BCUT2D eigenvalue weighted by atomic mass is 32.2. The van der Waals surface area contributed by atoms with Gasteiger partial charge in [-0.05, 0) is 18.6 Å². The summed E-state index contributed by atoms with van der Waals surface area (Å²) in [5, 5.41) is 10.7. The third kappa shape index (κ3) is 24.4. The Kier molecular flexibility index (Phi) is 21.5. The Bertz CT molecular complexity index is 528. The highest BCUT2D eigenvalue weighted by Gasteiger charge is 2.29. The quantitative estimate of drug-likeness (QED) is 0.0660. The summed E-state index contributed by atoms with van der Waals surface area (Å²) in [6, 6.07) is 0. The van der Waals surface area contributed by atoms with Crippen LogP contribution in [0.15, 0.2) is 0 Å². The van der Waals surface area contributed by atoms with Crippen molar-refractivity contribution in [1.82, 2.24) is 0 Å². The summed E-state index contributed by atoms with van der Waals surface area (Å²) >= 11 is 1.49. The van der Waals surface area contributed by atoms with Crippen LogP contribution in [0.4, 0.5) is 0 Å². The molecule has 0 aromatic rings. The standard InChI is InChI=1S/C26H56NO6PS/c1-6-7-8-9-10-11-12-13-14-15-16-17-18-19-20-35-26(28)24(23-32-5)21-25(22-27(2,3)4)33-34(29,30)31/h24-26,28H,6-23H2,1-5H3,(H-,29,30,31). The second-order valence-corrected chi connectivity index (χ2v) is 13.4. The van der Waals surface area contributed by atoms with Gasteiger partial charge in [-0.3, -0.25) is 4.57 Å². The van der Waals surface area contributed by atoms with E-state index in [9.17, 15) is 19.5 Å². The number of phosphoric ester groups is 1. The fourth-order valence-corrected chi connectivity index (χ4v) is 6.01. The zero-order valence-electron chi connectivity index (χ0n) is 23.3. The first-order valence-corrected chi connectivity index (χ1v) is 16.3. The number of quaternary nitrogens is 1. The fourth-order valence-electron chi connectivity index (χ4n) is 4.41. The minimum atomic E-state index is -4.86. The molecule has 0 bridgehead atoms. The number of phosphoric acid groups is 1. The molecule has 4 atom stereocenters. The van der Waals surface area contributed by atoms with Crippen molar-refractivity contribution in [2.45, 2.75) is 115 Å². The molecule has 0 saturated carbocycles. The van der Waals surface area contributed by atoms with Crippen molar-refractivity contribution >= 4 is 19.6 Å². The van der Waals surface area contributed by atoms with Crippen molar-refractivity contribution < 1.29 is 33.2 Å². The molecular weight excluding hydrogens is 485 g/mol. The normalized spacial score (nSPS) is 16.7. The van der Waals surface area contributed by atoms with E-state index in [1.807, 2.05) is 21.1 Å². The van der Waals surface area contributed by atoms with Crippen molar-refractivity contribution in [3.05, 3.63) is 0 Å². The summed E-state index contributed by atoms with van der Waals surface area (Å²) in [6.45, 7) is 2.96. The predicted octanol–water partition coefficient (Wildman–Crippen LogP) is 5.72. The third-order valence-corrected chi connectivity index (χ3v) is 7.99. The topological polar surface area (TPSA) is 99.0 Å². The second kappa shape index (κ2) is 21.3. The molecule has 212 valence electrons. The molecule has 0 aromatic carbocycles. The number of hydrogen-bond acceptors (Lipinski definition) is 6. The number of nitrogens with zero attached hydrogens (tertiary/aromatic N) is 1. The molecule has 0 aliphatic rings. The highest BCUT2D eigenvalue weighted by Crippen LogP contribution is 2.36. The lowest BCUT2D eigenvalue weighted by Crippen LogP contribution is -2.44. The van der Waals surface area contributed by atoms with E-state index in [0.29, 0.717) is 24.1 Å². The van der Waals surface area contributed by atoms with Crippen molar-refractivity contribution in [2.75, 3.05) is 47.2 Å². The Balaban J connectivity index is 4.04. The number of likely N-dealkylation sites (N-methyl/N-ethyl adjacent to an activating group) is 1. The van der Waals surface area contributed by atoms with Crippen molar-refractivity contribution in [2.24, 2.45) is 5.92 Å². The Morgan fingerprint density at radius 1 is 0.886 bits per heavy atom. The number of methoxy groups -OCH3 is 1. The molecule has 0 aliphatic heterocycles. The van der Waals surface area contributed by atoms with Gasteiger partial charge in [-0.15, -0.1) is 11.8 Å². The number of rotatable bonds is 25. The largest absolute Gasteiger partial charge is 0.756 e.